The lowest BCUT2D eigenvalue weighted by Gasteiger charge is -2.16. The van der Waals surface area contributed by atoms with Gasteiger partial charge in [0.1, 0.15) is 5.82 Å². The fraction of sp³-hybridized carbons (Fsp3) is 0.158. The molecule has 0 radical (unpaired) electrons. The van der Waals surface area contributed by atoms with Gasteiger partial charge in [0.15, 0.2) is 0 Å². The highest BCUT2D eigenvalue weighted by molar-refractivity contribution is 6.04. The van der Waals surface area contributed by atoms with Crippen LogP contribution in [0.3, 0.4) is 0 Å². The summed E-state index contributed by atoms with van der Waals surface area (Å²) in [6.07, 6.45) is 6.52. The number of hydrogen-bond donors (Lipinski definition) is 2. The number of aryl methyl sites for hydroxylation is 1. The number of aromatic nitrogens is 3. The van der Waals surface area contributed by atoms with Gasteiger partial charge in [0.2, 0.25) is 0 Å². The number of nitrogens with one attached hydrogen (secondary N) is 2. The molecule has 0 spiro atoms. The van der Waals surface area contributed by atoms with Gasteiger partial charge < -0.3 is 10.6 Å². The second-order valence-corrected chi connectivity index (χ2v) is 5.72. The highest BCUT2D eigenvalue weighted by Gasteiger charge is 2.10. The second-order valence-electron chi connectivity index (χ2n) is 5.72. The Bertz CT molecular complexity index is 849. The standard InChI is InChI=1S/C19H19N5O/c1-13-6-7-16(11-22-13)19(25)24-17-5-3-4-15(10-17)14(2)23-18-12-20-8-9-21-18/h3-12,14H,1-2H3,(H,21,23)(H,24,25)/t14-/m0/s1. The zero-order valence-corrected chi connectivity index (χ0v) is 14.1. The average molecular weight is 333 g/mol. The molecule has 0 fully saturated rings. The van der Waals surface area contributed by atoms with Crippen molar-refractivity contribution in [2.75, 3.05) is 10.6 Å². The van der Waals surface area contributed by atoms with Crippen LogP contribution >= 0.6 is 0 Å². The second kappa shape index (κ2) is 7.53. The van der Waals surface area contributed by atoms with Crippen LogP contribution in [0.2, 0.25) is 0 Å². The van der Waals surface area contributed by atoms with Crippen molar-refractivity contribution in [1.82, 2.24) is 15.0 Å². The van der Waals surface area contributed by atoms with Gasteiger partial charge in [-0.25, -0.2) is 4.98 Å². The van der Waals surface area contributed by atoms with Gasteiger partial charge in [0.25, 0.3) is 5.91 Å². The lowest BCUT2D eigenvalue weighted by molar-refractivity contribution is 0.102. The maximum Gasteiger partial charge on any atom is 0.257 e. The first-order valence-electron chi connectivity index (χ1n) is 7.98. The molecular formula is C19H19N5O. The number of benzene rings is 1. The van der Waals surface area contributed by atoms with Gasteiger partial charge >= 0.3 is 0 Å². The van der Waals surface area contributed by atoms with Crippen molar-refractivity contribution in [3.63, 3.8) is 0 Å². The van der Waals surface area contributed by atoms with Gasteiger partial charge in [-0.05, 0) is 43.7 Å². The highest BCUT2D eigenvalue weighted by Crippen LogP contribution is 2.21. The zero-order chi connectivity index (χ0) is 17.6. The summed E-state index contributed by atoms with van der Waals surface area (Å²) in [6, 6.07) is 11.3. The van der Waals surface area contributed by atoms with Gasteiger partial charge in [0.05, 0.1) is 17.8 Å². The number of rotatable bonds is 5. The van der Waals surface area contributed by atoms with E-state index in [0.717, 1.165) is 16.9 Å². The van der Waals surface area contributed by atoms with Crippen molar-refractivity contribution >= 4 is 17.4 Å². The molecule has 2 heterocycles. The van der Waals surface area contributed by atoms with Crippen molar-refractivity contribution < 1.29 is 4.79 Å². The van der Waals surface area contributed by atoms with Gasteiger partial charge in [-0.15, -0.1) is 0 Å². The fourth-order valence-corrected chi connectivity index (χ4v) is 2.37. The van der Waals surface area contributed by atoms with Crippen LogP contribution in [0.5, 0.6) is 0 Å². The van der Waals surface area contributed by atoms with E-state index in [4.69, 9.17) is 0 Å². The van der Waals surface area contributed by atoms with Crippen LogP contribution in [0.15, 0.2) is 61.2 Å². The molecule has 6 heteroatoms. The minimum atomic E-state index is -0.181. The Hall–Kier alpha value is -3.28. The molecule has 0 bridgehead atoms. The molecule has 0 aliphatic carbocycles. The van der Waals surface area contributed by atoms with E-state index in [1.807, 2.05) is 44.2 Å². The van der Waals surface area contributed by atoms with Gasteiger partial charge in [0, 0.05) is 30.0 Å². The van der Waals surface area contributed by atoms with Crippen molar-refractivity contribution in [2.45, 2.75) is 19.9 Å². The third-order valence-corrected chi connectivity index (χ3v) is 3.75. The summed E-state index contributed by atoms with van der Waals surface area (Å²) in [5.74, 6) is 0.523. The maximum absolute atomic E-state index is 12.3. The number of carbonyl (C=O) groups is 1. The van der Waals surface area contributed by atoms with Crippen molar-refractivity contribution in [3.8, 4) is 0 Å². The molecule has 2 N–H and O–H groups in total. The monoisotopic (exact) mass is 333 g/mol. The van der Waals surface area contributed by atoms with Gasteiger partial charge in [-0.3, -0.25) is 14.8 Å². The van der Waals surface area contributed by atoms with Gasteiger partial charge in [-0.1, -0.05) is 12.1 Å². The zero-order valence-electron chi connectivity index (χ0n) is 14.1. The lowest BCUT2D eigenvalue weighted by atomic mass is 10.1. The molecule has 126 valence electrons. The first kappa shape index (κ1) is 16.6. The van der Waals surface area contributed by atoms with E-state index >= 15 is 0 Å². The summed E-state index contributed by atoms with van der Waals surface area (Å²) in [7, 11) is 0. The molecule has 0 aliphatic rings. The van der Waals surface area contributed by atoms with Crippen molar-refractivity contribution in [1.29, 1.82) is 0 Å². The molecule has 0 saturated carbocycles. The summed E-state index contributed by atoms with van der Waals surface area (Å²) >= 11 is 0. The third-order valence-electron chi connectivity index (χ3n) is 3.75. The van der Waals surface area contributed by atoms with Crippen LogP contribution in [0, 0.1) is 6.92 Å². The number of anilines is 2. The van der Waals surface area contributed by atoms with E-state index in [1.54, 1.807) is 30.9 Å². The molecular weight excluding hydrogens is 314 g/mol. The topological polar surface area (TPSA) is 79.8 Å². The molecule has 1 aromatic carbocycles. The van der Waals surface area contributed by atoms with Crippen LogP contribution in [-0.2, 0) is 0 Å². The average Bonchev–Trinajstić information content (AvgIpc) is 2.63. The summed E-state index contributed by atoms with van der Waals surface area (Å²) in [6.45, 7) is 3.91. The molecule has 3 aromatic rings. The van der Waals surface area contributed by atoms with E-state index in [9.17, 15) is 4.79 Å². The van der Waals surface area contributed by atoms with E-state index in [-0.39, 0.29) is 11.9 Å². The predicted molar refractivity (Wildman–Crippen MR) is 97.4 cm³/mol. The lowest BCUT2D eigenvalue weighted by Crippen LogP contribution is -2.13. The van der Waals surface area contributed by atoms with E-state index in [0.29, 0.717) is 11.4 Å². The fourth-order valence-electron chi connectivity index (χ4n) is 2.37. The minimum Gasteiger partial charge on any atom is -0.362 e. The normalized spacial score (nSPS) is 11.6. The smallest absolute Gasteiger partial charge is 0.257 e. The Balaban J connectivity index is 1.70. The minimum absolute atomic E-state index is 0.0228. The molecule has 0 aliphatic heterocycles. The quantitative estimate of drug-likeness (QED) is 0.745. The highest BCUT2D eigenvalue weighted by atomic mass is 16.1. The maximum atomic E-state index is 12.3. The summed E-state index contributed by atoms with van der Waals surface area (Å²) in [5, 5.41) is 6.18. The predicted octanol–water partition coefficient (Wildman–Crippen LogP) is 3.61. The summed E-state index contributed by atoms with van der Waals surface area (Å²) in [4.78, 5) is 24.7. The molecule has 1 amide bonds. The number of hydrogen-bond acceptors (Lipinski definition) is 5. The van der Waals surface area contributed by atoms with Crippen LogP contribution in [0.25, 0.3) is 0 Å². The number of nitrogens with zero attached hydrogens (tertiary/aromatic N) is 3. The number of pyridine rings is 1. The number of amides is 1. The number of carbonyl (C=O) groups excluding carboxylic acids is 1. The molecule has 2 aromatic heterocycles. The summed E-state index contributed by atoms with van der Waals surface area (Å²) in [5.41, 5.74) is 3.17. The Labute approximate surface area is 146 Å². The van der Waals surface area contributed by atoms with Crippen LogP contribution in [0.4, 0.5) is 11.5 Å². The molecule has 0 unspecified atom stereocenters. The van der Waals surface area contributed by atoms with Crippen molar-refractivity contribution in [3.05, 3.63) is 78.0 Å². The first-order valence-corrected chi connectivity index (χ1v) is 7.98. The van der Waals surface area contributed by atoms with Crippen LogP contribution in [0.1, 0.15) is 34.6 Å². The Morgan fingerprint density at radius 2 is 1.96 bits per heavy atom. The van der Waals surface area contributed by atoms with E-state index in [1.165, 1.54) is 0 Å². The summed E-state index contributed by atoms with van der Waals surface area (Å²) < 4.78 is 0. The molecule has 6 nitrogen and oxygen atoms in total. The Morgan fingerprint density at radius 1 is 1.08 bits per heavy atom. The molecule has 3 rings (SSSR count). The van der Waals surface area contributed by atoms with Crippen LogP contribution in [-0.4, -0.2) is 20.9 Å². The van der Waals surface area contributed by atoms with E-state index in [2.05, 4.69) is 25.6 Å². The molecule has 1 atom stereocenters. The third kappa shape index (κ3) is 4.38. The Morgan fingerprint density at radius 3 is 2.68 bits per heavy atom. The van der Waals surface area contributed by atoms with E-state index < -0.39 is 0 Å². The van der Waals surface area contributed by atoms with Crippen LogP contribution < -0.4 is 10.6 Å². The Kier molecular flexibility index (Phi) is 4.99. The first-order chi connectivity index (χ1) is 12.1. The molecule has 25 heavy (non-hydrogen) atoms. The molecule has 0 saturated heterocycles. The largest absolute Gasteiger partial charge is 0.362 e. The SMILES string of the molecule is Cc1ccc(C(=O)Nc2cccc([C@H](C)Nc3cnccn3)c2)cn1. The van der Waals surface area contributed by atoms with Gasteiger partial charge in [-0.2, -0.15) is 0 Å². The van der Waals surface area contributed by atoms with Crippen molar-refractivity contribution in [2.24, 2.45) is 0 Å².